The first-order valence-electron chi connectivity index (χ1n) is 7.78. The van der Waals surface area contributed by atoms with Gasteiger partial charge >= 0.3 is 11.9 Å². The topological polar surface area (TPSA) is 72.8 Å². The van der Waals surface area contributed by atoms with E-state index in [4.69, 9.17) is 9.47 Å². The van der Waals surface area contributed by atoms with Crippen LogP contribution >= 0.6 is 0 Å². The minimum atomic E-state index is -1.33. The number of aliphatic carboxylic acids is 1. The molecule has 3 rings (SSSR count). The van der Waals surface area contributed by atoms with Crippen molar-refractivity contribution in [3.63, 3.8) is 0 Å². The van der Waals surface area contributed by atoms with Gasteiger partial charge in [-0.1, -0.05) is 36.4 Å². The van der Waals surface area contributed by atoms with Crippen LogP contribution in [0.5, 0.6) is 11.5 Å². The Balaban J connectivity index is 2.14. The van der Waals surface area contributed by atoms with E-state index >= 15 is 0 Å². The lowest BCUT2D eigenvalue weighted by Crippen LogP contribution is -2.34. The lowest BCUT2D eigenvalue weighted by Gasteiger charge is -2.31. The number of carbonyl (C=O) groups is 2. The van der Waals surface area contributed by atoms with Gasteiger partial charge in [0.25, 0.3) is 0 Å². The summed E-state index contributed by atoms with van der Waals surface area (Å²) in [7, 11) is 0. The van der Waals surface area contributed by atoms with E-state index in [0.717, 1.165) is 0 Å². The highest BCUT2D eigenvalue weighted by molar-refractivity contribution is 5.96. The monoisotopic (exact) mass is 326 g/mol. The average molecular weight is 326 g/mol. The van der Waals surface area contributed by atoms with E-state index in [-0.39, 0.29) is 6.10 Å². The SMILES string of the molecule is CC(C)OC(=O)C(C(=O)O)C1c2ccccc2Oc2ccccc21. The van der Waals surface area contributed by atoms with Crippen LogP contribution in [0.1, 0.15) is 30.9 Å². The number of fused-ring (bicyclic) bond motifs is 2. The van der Waals surface area contributed by atoms with Gasteiger partial charge in [0.2, 0.25) is 0 Å². The Kier molecular flexibility index (Phi) is 4.25. The number of benzene rings is 2. The van der Waals surface area contributed by atoms with Crippen molar-refractivity contribution in [3.8, 4) is 11.5 Å². The van der Waals surface area contributed by atoms with Gasteiger partial charge in [-0.15, -0.1) is 0 Å². The highest BCUT2D eigenvalue weighted by Crippen LogP contribution is 2.47. The predicted octanol–water partition coefficient (Wildman–Crippen LogP) is 3.58. The molecule has 0 radical (unpaired) electrons. The normalized spacial score (nSPS) is 14.3. The fourth-order valence-electron chi connectivity index (χ4n) is 2.99. The zero-order chi connectivity index (χ0) is 17.3. The van der Waals surface area contributed by atoms with E-state index < -0.39 is 23.8 Å². The second-order valence-electron chi connectivity index (χ2n) is 5.96. The maximum atomic E-state index is 12.5. The summed E-state index contributed by atoms with van der Waals surface area (Å²) in [5.74, 6) is -2.82. The van der Waals surface area contributed by atoms with Crippen molar-refractivity contribution in [1.82, 2.24) is 0 Å². The Morgan fingerprint density at radius 1 is 1.00 bits per heavy atom. The number of ether oxygens (including phenoxy) is 2. The molecule has 5 heteroatoms. The molecule has 0 spiro atoms. The van der Waals surface area contributed by atoms with Crippen LogP contribution in [0, 0.1) is 5.92 Å². The smallest absolute Gasteiger partial charge is 0.321 e. The van der Waals surface area contributed by atoms with Crippen molar-refractivity contribution in [3.05, 3.63) is 59.7 Å². The van der Waals surface area contributed by atoms with E-state index in [1.54, 1.807) is 50.2 Å². The minimum absolute atomic E-state index is 0.385. The average Bonchev–Trinajstić information content (AvgIpc) is 2.53. The van der Waals surface area contributed by atoms with Crippen molar-refractivity contribution in [2.24, 2.45) is 5.92 Å². The Hall–Kier alpha value is -2.82. The van der Waals surface area contributed by atoms with Gasteiger partial charge in [0, 0.05) is 17.0 Å². The molecule has 1 unspecified atom stereocenters. The van der Waals surface area contributed by atoms with E-state index in [1.807, 2.05) is 12.1 Å². The second-order valence-corrected chi connectivity index (χ2v) is 5.96. The maximum absolute atomic E-state index is 12.5. The molecule has 2 aromatic rings. The lowest BCUT2D eigenvalue weighted by molar-refractivity contribution is -0.162. The van der Waals surface area contributed by atoms with Crippen LogP contribution in [0.15, 0.2) is 48.5 Å². The molecule has 0 amide bonds. The number of hydrogen-bond acceptors (Lipinski definition) is 4. The first-order chi connectivity index (χ1) is 11.5. The third kappa shape index (κ3) is 2.85. The lowest BCUT2D eigenvalue weighted by atomic mass is 9.78. The molecule has 24 heavy (non-hydrogen) atoms. The second kappa shape index (κ2) is 6.35. The summed E-state index contributed by atoms with van der Waals surface area (Å²) in [5.41, 5.74) is 1.34. The molecule has 0 aromatic heterocycles. The summed E-state index contributed by atoms with van der Waals surface area (Å²) >= 11 is 0. The van der Waals surface area contributed by atoms with Gasteiger partial charge in [-0.3, -0.25) is 9.59 Å². The Labute approximate surface area is 139 Å². The summed E-state index contributed by atoms with van der Waals surface area (Å²) in [6, 6.07) is 14.3. The van der Waals surface area contributed by atoms with Gasteiger partial charge in [0.1, 0.15) is 11.5 Å². The Morgan fingerprint density at radius 3 is 1.96 bits per heavy atom. The first-order valence-corrected chi connectivity index (χ1v) is 7.78. The zero-order valence-corrected chi connectivity index (χ0v) is 13.4. The summed E-state index contributed by atoms with van der Waals surface area (Å²) in [5, 5.41) is 9.72. The van der Waals surface area contributed by atoms with Crippen LogP contribution in [0.4, 0.5) is 0 Å². The largest absolute Gasteiger partial charge is 0.481 e. The third-order valence-corrected chi connectivity index (χ3v) is 3.93. The number of rotatable bonds is 4. The molecule has 5 nitrogen and oxygen atoms in total. The quantitative estimate of drug-likeness (QED) is 0.687. The number of esters is 1. The van der Waals surface area contributed by atoms with Gasteiger partial charge in [0.15, 0.2) is 5.92 Å². The summed E-state index contributed by atoms with van der Waals surface area (Å²) in [4.78, 5) is 24.4. The predicted molar refractivity (Wildman–Crippen MR) is 87.2 cm³/mol. The van der Waals surface area contributed by atoms with Crippen LogP contribution in [0.3, 0.4) is 0 Å². The van der Waals surface area contributed by atoms with Crippen LogP contribution in [0.25, 0.3) is 0 Å². The van der Waals surface area contributed by atoms with E-state index in [9.17, 15) is 14.7 Å². The van der Waals surface area contributed by atoms with Gasteiger partial charge in [-0.2, -0.15) is 0 Å². The molecule has 2 aromatic carbocycles. The Bertz CT molecular complexity index is 735. The number of carboxylic acid groups (broad SMARTS) is 1. The first kappa shape index (κ1) is 16.1. The zero-order valence-electron chi connectivity index (χ0n) is 13.4. The molecule has 0 fully saturated rings. The molecule has 1 aliphatic heterocycles. The van der Waals surface area contributed by atoms with Crippen molar-refractivity contribution in [1.29, 1.82) is 0 Å². The fourth-order valence-corrected chi connectivity index (χ4v) is 2.99. The summed E-state index contributed by atoms with van der Waals surface area (Å²) in [6.45, 7) is 3.39. The highest BCUT2D eigenvalue weighted by Gasteiger charge is 2.42. The molecule has 1 atom stereocenters. The van der Waals surface area contributed by atoms with Crippen molar-refractivity contribution in [2.45, 2.75) is 25.9 Å². The van der Waals surface area contributed by atoms with Crippen molar-refractivity contribution >= 4 is 11.9 Å². The molecule has 1 heterocycles. The third-order valence-electron chi connectivity index (χ3n) is 3.93. The van der Waals surface area contributed by atoms with Gasteiger partial charge in [-0.05, 0) is 26.0 Å². The number of carbonyl (C=O) groups excluding carboxylic acids is 1. The van der Waals surface area contributed by atoms with Crippen LogP contribution in [0.2, 0.25) is 0 Å². The van der Waals surface area contributed by atoms with E-state index in [2.05, 4.69) is 0 Å². The molecule has 0 saturated heterocycles. The number of para-hydroxylation sites is 2. The molecule has 0 aliphatic carbocycles. The van der Waals surface area contributed by atoms with E-state index in [0.29, 0.717) is 22.6 Å². The van der Waals surface area contributed by atoms with Crippen LogP contribution in [-0.4, -0.2) is 23.1 Å². The standard InChI is InChI=1S/C19H18O5/c1-11(2)23-19(22)17(18(20)21)16-12-7-3-5-9-14(12)24-15-10-6-4-8-13(15)16/h3-11,16-17H,1-2H3,(H,20,21). The summed E-state index contributed by atoms with van der Waals surface area (Å²) in [6.07, 6.45) is -0.385. The maximum Gasteiger partial charge on any atom is 0.321 e. The minimum Gasteiger partial charge on any atom is -0.481 e. The van der Waals surface area contributed by atoms with Gasteiger partial charge in [0.05, 0.1) is 6.10 Å². The highest BCUT2D eigenvalue weighted by atomic mass is 16.5. The molecule has 1 aliphatic rings. The van der Waals surface area contributed by atoms with Gasteiger partial charge in [-0.25, -0.2) is 0 Å². The molecule has 0 bridgehead atoms. The van der Waals surface area contributed by atoms with Crippen molar-refractivity contribution < 1.29 is 24.2 Å². The summed E-state index contributed by atoms with van der Waals surface area (Å²) < 4.78 is 11.0. The Morgan fingerprint density at radius 2 is 1.50 bits per heavy atom. The number of hydrogen-bond donors (Lipinski definition) is 1. The fraction of sp³-hybridized carbons (Fsp3) is 0.263. The van der Waals surface area contributed by atoms with Crippen LogP contribution in [-0.2, 0) is 14.3 Å². The molecule has 124 valence electrons. The van der Waals surface area contributed by atoms with Crippen LogP contribution < -0.4 is 4.74 Å². The molecular weight excluding hydrogens is 308 g/mol. The van der Waals surface area contributed by atoms with E-state index in [1.165, 1.54) is 0 Å². The molecular formula is C19H18O5. The van der Waals surface area contributed by atoms with Crippen molar-refractivity contribution in [2.75, 3.05) is 0 Å². The van der Waals surface area contributed by atoms with Gasteiger partial charge < -0.3 is 14.6 Å². The molecule has 1 N–H and O–H groups in total. The molecule has 0 saturated carbocycles. The number of carboxylic acids is 1.